The number of rotatable bonds is 9. The zero-order chi connectivity index (χ0) is 20.2. The van der Waals surface area contributed by atoms with Crippen molar-refractivity contribution in [2.45, 2.75) is 26.2 Å². The quantitative estimate of drug-likeness (QED) is 0.299. The van der Waals surface area contributed by atoms with Gasteiger partial charge in [-0.1, -0.05) is 6.08 Å². The zero-order valence-electron chi connectivity index (χ0n) is 17.2. The Kier molecular flexibility index (Phi) is 9.24. The largest absolute Gasteiger partial charge is 0.357 e. The number of hydrogen-bond acceptors (Lipinski definition) is 5. The number of carbonyl (C=O) groups is 1. The van der Waals surface area contributed by atoms with Gasteiger partial charge in [-0.05, 0) is 25.8 Å². The maximum atomic E-state index is 12.5. The molecule has 1 N–H and O–H groups in total. The van der Waals surface area contributed by atoms with Gasteiger partial charge in [-0.2, -0.15) is 0 Å². The number of anilines is 1. The van der Waals surface area contributed by atoms with E-state index in [0.717, 1.165) is 50.9 Å². The van der Waals surface area contributed by atoms with Crippen molar-refractivity contribution < 1.29 is 4.79 Å². The third kappa shape index (κ3) is 6.83. The van der Waals surface area contributed by atoms with Gasteiger partial charge in [0, 0.05) is 65.1 Å². The highest BCUT2D eigenvalue weighted by molar-refractivity contribution is 5.81. The molecule has 8 nitrogen and oxygen atoms in total. The Morgan fingerprint density at radius 2 is 2.04 bits per heavy atom. The molecule has 2 heterocycles. The van der Waals surface area contributed by atoms with Gasteiger partial charge < -0.3 is 20.0 Å². The summed E-state index contributed by atoms with van der Waals surface area (Å²) in [6, 6.07) is 1.81. The van der Waals surface area contributed by atoms with Crippen LogP contribution in [0.25, 0.3) is 0 Å². The second-order valence-corrected chi connectivity index (χ2v) is 6.75. The number of allylic oxidation sites excluding steroid dienone is 1. The molecule has 1 aromatic heterocycles. The van der Waals surface area contributed by atoms with Crippen molar-refractivity contribution in [3.8, 4) is 0 Å². The Hall–Kier alpha value is -2.64. The summed E-state index contributed by atoms with van der Waals surface area (Å²) in [4.78, 5) is 31.8. The van der Waals surface area contributed by atoms with Crippen LogP contribution in [0.1, 0.15) is 26.2 Å². The number of aliphatic imine (C=N–C) groups is 1. The van der Waals surface area contributed by atoms with Crippen molar-refractivity contribution in [1.82, 2.24) is 25.1 Å². The van der Waals surface area contributed by atoms with Crippen LogP contribution in [0.3, 0.4) is 0 Å². The van der Waals surface area contributed by atoms with Crippen LogP contribution in [0, 0.1) is 0 Å². The summed E-state index contributed by atoms with van der Waals surface area (Å²) < 4.78 is 0. The SMILES string of the molecule is C=CCCCN(C)C(=NCCC(=O)N1CCN(c2ncccn2)CC1)NCC. The number of nitrogens with zero attached hydrogens (tertiary/aromatic N) is 6. The molecule has 0 unspecified atom stereocenters. The molecule has 0 spiro atoms. The Morgan fingerprint density at radius 1 is 1.32 bits per heavy atom. The molecule has 0 radical (unpaired) electrons. The Bertz CT molecular complexity index is 627. The van der Waals surface area contributed by atoms with E-state index >= 15 is 0 Å². The lowest BCUT2D eigenvalue weighted by atomic mass is 10.3. The van der Waals surface area contributed by atoms with Crippen molar-refractivity contribution in [1.29, 1.82) is 0 Å². The van der Waals surface area contributed by atoms with E-state index in [1.807, 2.05) is 31.0 Å². The van der Waals surface area contributed by atoms with Gasteiger partial charge in [-0.3, -0.25) is 9.79 Å². The molecular weight excluding hydrogens is 354 g/mol. The monoisotopic (exact) mass is 387 g/mol. The summed E-state index contributed by atoms with van der Waals surface area (Å²) in [7, 11) is 2.03. The van der Waals surface area contributed by atoms with Crippen molar-refractivity contribution >= 4 is 17.8 Å². The molecule has 154 valence electrons. The van der Waals surface area contributed by atoms with Gasteiger partial charge in [-0.25, -0.2) is 9.97 Å². The average Bonchev–Trinajstić information content (AvgIpc) is 2.74. The van der Waals surface area contributed by atoms with Gasteiger partial charge in [-0.15, -0.1) is 6.58 Å². The fourth-order valence-electron chi connectivity index (χ4n) is 3.07. The lowest BCUT2D eigenvalue weighted by molar-refractivity contribution is -0.131. The van der Waals surface area contributed by atoms with E-state index in [0.29, 0.717) is 26.1 Å². The molecule has 1 fully saturated rings. The van der Waals surface area contributed by atoms with Gasteiger partial charge in [0.25, 0.3) is 0 Å². The molecule has 0 aliphatic carbocycles. The summed E-state index contributed by atoms with van der Waals surface area (Å²) in [6.45, 7) is 10.9. The Balaban J connectivity index is 1.77. The summed E-state index contributed by atoms with van der Waals surface area (Å²) in [5, 5.41) is 3.29. The highest BCUT2D eigenvalue weighted by Crippen LogP contribution is 2.10. The van der Waals surface area contributed by atoms with Crippen molar-refractivity contribution in [2.24, 2.45) is 4.99 Å². The summed E-state index contributed by atoms with van der Waals surface area (Å²) in [5.74, 6) is 1.74. The molecular formula is C20H33N7O. The normalized spacial score (nSPS) is 14.7. The number of carbonyl (C=O) groups excluding carboxylic acids is 1. The Labute approximate surface area is 168 Å². The number of amides is 1. The molecule has 1 aromatic rings. The van der Waals surface area contributed by atoms with Gasteiger partial charge in [0.05, 0.1) is 6.54 Å². The van der Waals surface area contributed by atoms with E-state index in [-0.39, 0.29) is 5.91 Å². The summed E-state index contributed by atoms with van der Waals surface area (Å²) in [6.07, 6.45) is 7.88. The lowest BCUT2D eigenvalue weighted by Crippen LogP contribution is -2.49. The van der Waals surface area contributed by atoms with Crippen LogP contribution in [0.4, 0.5) is 5.95 Å². The van der Waals surface area contributed by atoms with E-state index in [1.165, 1.54) is 0 Å². The second-order valence-electron chi connectivity index (χ2n) is 6.75. The lowest BCUT2D eigenvalue weighted by Gasteiger charge is -2.34. The van der Waals surface area contributed by atoms with E-state index in [4.69, 9.17) is 0 Å². The zero-order valence-corrected chi connectivity index (χ0v) is 17.2. The van der Waals surface area contributed by atoms with E-state index in [1.54, 1.807) is 12.4 Å². The Morgan fingerprint density at radius 3 is 2.68 bits per heavy atom. The van der Waals surface area contributed by atoms with Gasteiger partial charge in [0.2, 0.25) is 11.9 Å². The first-order valence-corrected chi connectivity index (χ1v) is 10.1. The molecule has 1 aliphatic rings. The molecule has 2 rings (SSSR count). The van der Waals surface area contributed by atoms with E-state index in [2.05, 4.69) is 36.7 Å². The number of guanidine groups is 1. The minimum atomic E-state index is 0.155. The molecule has 0 bridgehead atoms. The standard InChI is InChI=1S/C20H33N7O/c1-4-6-7-13-25(3)19(21-5-2)24-12-9-18(28)26-14-16-27(17-15-26)20-22-10-8-11-23-20/h4,8,10-11H,1,5-7,9,12-17H2,2-3H3,(H,21,24). The van der Waals surface area contributed by atoms with Crippen LogP contribution >= 0.6 is 0 Å². The van der Waals surface area contributed by atoms with Crippen LogP contribution in [-0.4, -0.2) is 84.5 Å². The van der Waals surface area contributed by atoms with E-state index < -0.39 is 0 Å². The number of nitrogens with one attached hydrogen (secondary N) is 1. The summed E-state index contributed by atoms with van der Waals surface area (Å²) >= 11 is 0. The number of hydrogen-bond donors (Lipinski definition) is 1. The fraction of sp³-hybridized carbons (Fsp3) is 0.600. The van der Waals surface area contributed by atoms with Crippen LogP contribution in [0.5, 0.6) is 0 Å². The third-order valence-electron chi connectivity index (χ3n) is 4.65. The topological polar surface area (TPSA) is 77.0 Å². The molecule has 0 aromatic carbocycles. The van der Waals surface area contributed by atoms with Crippen LogP contribution < -0.4 is 10.2 Å². The van der Waals surface area contributed by atoms with Crippen molar-refractivity contribution in [2.75, 3.05) is 57.8 Å². The van der Waals surface area contributed by atoms with Crippen LogP contribution in [0.15, 0.2) is 36.1 Å². The van der Waals surface area contributed by atoms with Gasteiger partial charge >= 0.3 is 0 Å². The maximum absolute atomic E-state index is 12.5. The predicted molar refractivity (Wildman–Crippen MR) is 113 cm³/mol. The molecule has 28 heavy (non-hydrogen) atoms. The second kappa shape index (κ2) is 11.9. The van der Waals surface area contributed by atoms with E-state index in [9.17, 15) is 4.79 Å². The number of aromatic nitrogens is 2. The molecule has 1 saturated heterocycles. The molecule has 1 amide bonds. The average molecular weight is 388 g/mol. The predicted octanol–water partition coefficient (Wildman–Crippen LogP) is 1.38. The van der Waals surface area contributed by atoms with Crippen LogP contribution in [-0.2, 0) is 4.79 Å². The minimum absolute atomic E-state index is 0.155. The van der Waals surface area contributed by atoms with Gasteiger partial charge in [0.15, 0.2) is 5.96 Å². The van der Waals surface area contributed by atoms with Crippen molar-refractivity contribution in [3.05, 3.63) is 31.1 Å². The maximum Gasteiger partial charge on any atom is 0.225 e. The minimum Gasteiger partial charge on any atom is -0.357 e. The smallest absolute Gasteiger partial charge is 0.225 e. The molecule has 0 atom stereocenters. The highest BCUT2D eigenvalue weighted by atomic mass is 16.2. The fourth-order valence-corrected chi connectivity index (χ4v) is 3.07. The molecule has 0 saturated carbocycles. The first-order valence-electron chi connectivity index (χ1n) is 10.1. The first-order chi connectivity index (χ1) is 13.7. The first kappa shape index (κ1) is 21.7. The van der Waals surface area contributed by atoms with Crippen molar-refractivity contribution in [3.63, 3.8) is 0 Å². The molecule has 8 heteroatoms. The number of piperazine rings is 1. The number of unbranched alkanes of at least 4 members (excludes halogenated alkanes) is 1. The molecule has 1 aliphatic heterocycles. The van der Waals surface area contributed by atoms with Crippen LogP contribution in [0.2, 0.25) is 0 Å². The highest BCUT2D eigenvalue weighted by Gasteiger charge is 2.22. The summed E-state index contributed by atoms with van der Waals surface area (Å²) in [5.41, 5.74) is 0. The third-order valence-corrected chi connectivity index (χ3v) is 4.65. The van der Waals surface area contributed by atoms with Gasteiger partial charge in [0.1, 0.15) is 0 Å².